The number of alkyl halides is 3. The van der Waals surface area contributed by atoms with Gasteiger partial charge in [0, 0.05) is 29.2 Å². The smallest absolute Gasteiger partial charge is 0.355 e. The van der Waals surface area contributed by atoms with Crippen LogP contribution in [0.1, 0.15) is 61.0 Å². The van der Waals surface area contributed by atoms with Crippen LogP contribution in [-0.2, 0) is 16.4 Å². The van der Waals surface area contributed by atoms with Gasteiger partial charge in [-0.25, -0.2) is 0 Å². The SMILES string of the molecule is CNC(=O)c1cc(C(F)(F)F)ccc1C1(C)CCC([C@H](C)C(=O)Nc2ccc(Cl)cc2)CC1. The van der Waals surface area contributed by atoms with Crippen LogP contribution in [0.15, 0.2) is 42.5 Å². The summed E-state index contributed by atoms with van der Waals surface area (Å²) < 4.78 is 39.7. The molecule has 0 aromatic heterocycles. The average molecular weight is 481 g/mol. The van der Waals surface area contributed by atoms with Gasteiger partial charge in [0.25, 0.3) is 5.91 Å². The van der Waals surface area contributed by atoms with Crippen LogP contribution in [0, 0.1) is 11.8 Å². The Balaban J connectivity index is 1.74. The van der Waals surface area contributed by atoms with Gasteiger partial charge in [-0.05, 0) is 79.0 Å². The number of nitrogens with one attached hydrogen (secondary N) is 2. The van der Waals surface area contributed by atoms with Crippen LogP contribution in [0.3, 0.4) is 0 Å². The van der Waals surface area contributed by atoms with E-state index in [9.17, 15) is 22.8 Å². The number of amides is 2. The number of hydrogen-bond donors (Lipinski definition) is 2. The molecule has 0 aliphatic heterocycles. The van der Waals surface area contributed by atoms with Crippen molar-refractivity contribution in [1.29, 1.82) is 0 Å². The lowest BCUT2D eigenvalue weighted by molar-refractivity contribution is -0.137. The van der Waals surface area contributed by atoms with Crippen molar-refractivity contribution in [1.82, 2.24) is 5.32 Å². The lowest BCUT2D eigenvalue weighted by Gasteiger charge is -2.40. The van der Waals surface area contributed by atoms with Crippen molar-refractivity contribution in [2.75, 3.05) is 12.4 Å². The molecule has 1 aliphatic carbocycles. The summed E-state index contributed by atoms with van der Waals surface area (Å²) in [4.78, 5) is 25.2. The Morgan fingerprint density at radius 3 is 2.24 bits per heavy atom. The zero-order valence-electron chi connectivity index (χ0n) is 18.9. The molecular weight excluding hydrogens is 453 g/mol. The summed E-state index contributed by atoms with van der Waals surface area (Å²) in [6, 6.07) is 10.3. The highest BCUT2D eigenvalue weighted by Gasteiger charge is 2.39. The Morgan fingerprint density at radius 2 is 1.70 bits per heavy atom. The largest absolute Gasteiger partial charge is 0.416 e. The zero-order chi connectivity index (χ0) is 24.4. The van der Waals surface area contributed by atoms with Crippen LogP contribution in [0.2, 0.25) is 5.02 Å². The van der Waals surface area contributed by atoms with Crippen LogP contribution in [-0.4, -0.2) is 18.9 Å². The number of carbonyl (C=O) groups excluding carboxylic acids is 2. The molecule has 33 heavy (non-hydrogen) atoms. The fourth-order valence-corrected chi connectivity index (χ4v) is 4.75. The fourth-order valence-electron chi connectivity index (χ4n) is 4.62. The summed E-state index contributed by atoms with van der Waals surface area (Å²) in [5, 5.41) is 5.96. The molecule has 2 aromatic rings. The molecule has 2 amide bonds. The minimum atomic E-state index is -4.52. The van der Waals surface area contributed by atoms with Gasteiger partial charge in [0.1, 0.15) is 0 Å². The van der Waals surface area contributed by atoms with Crippen molar-refractivity contribution in [3.63, 3.8) is 0 Å². The van der Waals surface area contributed by atoms with E-state index in [1.807, 2.05) is 13.8 Å². The van der Waals surface area contributed by atoms with E-state index in [-0.39, 0.29) is 23.3 Å². The monoisotopic (exact) mass is 480 g/mol. The molecule has 3 rings (SSSR count). The molecule has 0 radical (unpaired) electrons. The second-order valence-corrected chi connectivity index (χ2v) is 9.46. The fraction of sp³-hybridized carbons (Fsp3) is 0.440. The first-order valence-corrected chi connectivity index (χ1v) is 11.3. The maximum absolute atomic E-state index is 13.2. The number of halogens is 4. The molecular formula is C25H28ClF3N2O2. The maximum atomic E-state index is 13.2. The lowest BCUT2D eigenvalue weighted by atomic mass is 9.64. The van der Waals surface area contributed by atoms with Gasteiger partial charge in [-0.15, -0.1) is 0 Å². The van der Waals surface area contributed by atoms with E-state index >= 15 is 0 Å². The number of anilines is 1. The van der Waals surface area contributed by atoms with Crippen LogP contribution in [0.25, 0.3) is 0 Å². The van der Waals surface area contributed by atoms with Crippen LogP contribution < -0.4 is 10.6 Å². The van der Waals surface area contributed by atoms with E-state index in [2.05, 4.69) is 10.6 Å². The Labute approximate surface area is 196 Å². The third kappa shape index (κ3) is 5.69. The molecule has 178 valence electrons. The van der Waals surface area contributed by atoms with Gasteiger partial charge in [-0.3, -0.25) is 9.59 Å². The van der Waals surface area contributed by atoms with Gasteiger partial charge in [0.05, 0.1) is 5.56 Å². The summed E-state index contributed by atoms with van der Waals surface area (Å²) in [6.07, 6.45) is -1.70. The predicted molar refractivity (Wildman–Crippen MR) is 123 cm³/mol. The first-order valence-electron chi connectivity index (χ1n) is 10.9. The maximum Gasteiger partial charge on any atom is 0.416 e. The highest BCUT2D eigenvalue weighted by Crippen LogP contribution is 2.45. The molecule has 0 bridgehead atoms. The summed E-state index contributed by atoms with van der Waals surface area (Å²) in [7, 11) is 1.41. The molecule has 0 spiro atoms. The van der Waals surface area contributed by atoms with Crippen LogP contribution in [0.5, 0.6) is 0 Å². The molecule has 1 saturated carbocycles. The van der Waals surface area contributed by atoms with Gasteiger partial charge in [0.15, 0.2) is 0 Å². The number of rotatable bonds is 5. The van der Waals surface area contributed by atoms with Crippen molar-refractivity contribution in [2.24, 2.45) is 11.8 Å². The molecule has 0 unspecified atom stereocenters. The van der Waals surface area contributed by atoms with E-state index < -0.39 is 23.1 Å². The normalized spacial score (nSPS) is 21.8. The summed E-state index contributed by atoms with van der Waals surface area (Å²) >= 11 is 5.89. The Morgan fingerprint density at radius 1 is 1.09 bits per heavy atom. The molecule has 1 aliphatic rings. The number of hydrogen-bond acceptors (Lipinski definition) is 2. The topological polar surface area (TPSA) is 58.2 Å². The van der Waals surface area contributed by atoms with Crippen molar-refractivity contribution in [2.45, 2.75) is 51.1 Å². The second kappa shape index (κ2) is 9.75. The highest BCUT2D eigenvalue weighted by atomic mass is 35.5. The standard InChI is InChI=1S/C25H28ClF3N2O2/c1-15(22(32)31-19-7-5-18(26)6-8-19)16-10-12-24(2,13-11-16)21-9-4-17(25(27,28)29)14-20(21)23(33)30-3/h4-9,14-16H,10-13H2,1-3H3,(H,30,33)(H,31,32)/t15-,16?,24?/m0/s1. The number of benzene rings is 2. The lowest BCUT2D eigenvalue weighted by Crippen LogP contribution is -2.36. The van der Waals surface area contributed by atoms with Crippen molar-refractivity contribution >= 4 is 29.1 Å². The van der Waals surface area contributed by atoms with Crippen molar-refractivity contribution in [3.8, 4) is 0 Å². The van der Waals surface area contributed by atoms with Crippen molar-refractivity contribution < 1.29 is 22.8 Å². The summed E-state index contributed by atoms with van der Waals surface area (Å²) in [5.74, 6) is -0.693. The Kier molecular flexibility index (Phi) is 7.42. The zero-order valence-corrected chi connectivity index (χ0v) is 19.6. The quantitative estimate of drug-likeness (QED) is 0.517. The molecule has 0 heterocycles. The first-order chi connectivity index (χ1) is 15.4. The Hall–Kier alpha value is -2.54. The molecule has 8 heteroatoms. The molecule has 0 saturated heterocycles. The second-order valence-electron chi connectivity index (χ2n) is 9.02. The summed E-state index contributed by atoms with van der Waals surface area (Å²) in [5.41, 5.74) is 0.0642. The van der Waals surface area contributed by atoms with E-state index in [0.717, 1.165) is 25.0 Å². The van der Waals surface area contributed by atoms with E-state index in [1.54, 1.807) is 24.3 Å². The van der Waals surface area contributed by atoms with E-state index in [4.69, 9.17) is 11.6 Å². The van der Waals surface area contributed by atoms with Gasteiger partial charge in [-0.1, -0.05) is 31.5 Å². The van der Waals surface area contributed by atoms with Crippen LogP contribution >= 0.6 is 11.6 Å². The van der Waals surface area contributed by atoms with E-state index in [0.29, 0.717) is 29.1 Å². The average Bonchev–Trinajstić information content (AvgIpc) is 2.79. The summed E-state index contributed by atoms with van der Waals surface area (Å²) in [6.45, 7) is 3.88. The first kappa shape index (κ1) is 25.1. The number of carbonyl (C=O) groups is 2. The highest BCUT2D eigenvalue weighted by molar-refractivity contribution is 6.30. The van der Waals surface area contributed by atoms with Crippen molar-refractivity contribution in [3.05, 3.63) is 64.2 Å². The molecule has 4 nitrogen and oxygen atoms in total. The predicted octanol–water partition coefficient (Wildman–Crippen LogP) is 6.44. The van der Waals surface area contributed by atoms with Gasteiger partial charge >= 0.3 is 6.18 Å². The van der Waals surface area contributed by atoms with Crippen LogP contribution in [0.4, 0.5) is 18.9 Å². The third-order valence-corrected chi connectivity index (χ3v) is 7.09. The molecule has 2 N–H and O–H groups in total. The molecule has 1 fully saturated rings. The molecule has 2 aromatic carbocycles. The third-order valence-electron chi connectivity index (χ3n) is 6.84. The van der Waals surface area contributed by atoms with E-state index in [1.165, 1.54) is 13.1 Å². The molecule has 1 atom stereocenters. The van der Waals surface area contributed by atoms with Gasteiger partial charge in [0.2, 0.25) is 5.91 Å². The van der Waals surface area contributed by atoms with Gasteiger partial charge < -0.3 is 10.6 Å². The minimum absolute atomic E-state index is 0.0572. The van der Waals surface area contributed by atoms with Gasteiger partial charge in [-0.2, -0.15) is 13.2 Å². The Bertz CT molecular complexity index is 1010. The minimum Gasteiger partial charge on any atom is -0.355 e.